The third kappa shape index (κ3) is 2.14. The van der Waals surface area contributed by atoms with Crippen LogP contribution in [0.3, 0.4) is 0 Å². The molecule has 4 rings (SSSR count). The molecule has 0 aliphatic rings. The van der Waals surface area contributed by atoms with E-state index in [4.69, 9.17) is 4.74 Å². The van der Waals surface area contributed by atoms with Gasteiger partial charge in [0.05, 0.1) is 18.0 Å². The van der Waals surface area contributed by atoms with E-state index in [9.17, 15) is 4.79 Å². The Morgan fingerprint density at radius 3 is 2.52 bits per heavy atom. The van der Waals surface area contributed by atoms with Crippen molar-refractivity contribution in [2.24, 2.45) is 0 Å². The first-order valence-electron chi connectivity index (χ1n) is 7.20. The van der Waals surface area contributed by atoms with Crippen molar-refractivity contribution < 1.29 is 4.74 Å². The zero-order valence-corrected chi connectivity index (χ0v) is 12.4. The molecule has 0 fully saturated rings. The second-order valence-electron chi connectivity index (χ2n) is 5.13. The van der Waals surface area contributed by atoms with Crippen LogP contribution in [-0.4, -0.2) is 21.7 Å². The molecule has 5 nitrogen and oxygen atoms in total. The summed E-state index contributed by atoms with van der Waals surface area (Å²) < 4.78 is 6.77. The molecule has 2 aromatic heterocycles. The molecule has 2 heterocycles. The van der Waals surface area contributed by atoms with E-state index in [1.54, 1.807) is 19.2 Å². The van der Waals surface area contributed by atoms with Crippen LogP contribution >= 0.6 is 0 Å². The van der Waals surface area contributed by atoms with Gasteiger partial charge in [-0.3, -0.25) is 4.79 Å². The van der Waals surface area contributed by atoms with Gasteiger partial charge >= 0.3 is 0 Å². The first-order valence-corrected chi connectivity index (χ1v) is 7.20. The van der Waals surface area contributed by atoms with Gasteiger partial charge in [-0.05, 0) is 12.1 Å². The highest BCUT2D eigenvalue weighted by molar-refractivity contribution is 5.80. The highest BCUT2D eigenvalue weighted by atomic mass is 16.5. The lowest BCUT2D eigenvalue weighted by Gasteiger charge is -2.10. The summed E-state index contributed by atoms with van der Waals surface area (Å²) >= 11 is 0. The predicted molar refractivity (Wildman–Crippen MR) is 88.8 cm³/mol. The second-order valence-corrected chi connectivity index (χ2v) is 5.13. The lowest BCUT2D eigenvalue weighted by Crippen LogP contribution is -2.18. The maximum atomic E-state index is 12.7. The normalized spacial score (nSPS) is 11.0. The average Bonchev–Trinajstić information content (AvgIpc) is 2.62. The van der Waals surface area contributed by atoms with Crippen molar-refractivity contribution in [3.8, 4) is 17.0 Å². The smallest absolute Gasteiger partial charge is 0.282 e. The Morgan fingerprint density at radius 2 is 1.74 bits per heavy atom. The van der Waals surface area contributed by atoms with Crippen LogP contribution in [-0.2, 0) is 0 Å². The van der Waals surface area contributed by atoms with Gasteiger partial charge in [-0.15, -0.1) is 0 Å². The molecule has 0 atom stereocenters. The number of methoxy groups -OCH3 is 1. The van der Waals surface area contributed by atoms with Gasteiger partial charge in [0.2, 0.25) is 0 Å². The van der Waals surface area contributed by atoms with Gasteiger partial charge in [0.25, 0.3) is 5.56 Å². The van der Waals surface area contributed by atoms with Crippen LogP contribution in [0.15, 0.2) is 65.5 Å². The monoisotopic (exact) mass is 303 g/mol. The van der Waals surface area contributed by atoms with Crippen LogP contribution in [0.1, 0.15) is 0 Å². The van der Waals surface area contributed by atoms with Gasteiger partial charge in [0, 0.05) is 11.6 Å². The van der Waals surface area contributed by atoms with E-state index in [1.807, 2.05) is 48.5 Å². The molecule has 0 bridgehead atoms. The van der Waals surface area contributed by atoms with Gasteiger partial charge < -0.3 is 4.74 Å². The van der Waals surface area contributed by atoms with Crippen LogP contribution in [0.4, 0.5) is 0 Å². The molecule has 2 aromatic carbocycles. The number of nitrogens with zero attached hydrogens (tertiary/aromatic N) is 3. The Labute approximate surface area is 131 Å². The lowest BCUT2D eigenvalue weighted by molar-refractivity contribution is 0.413. The largest absolute Gasteiger partial charge is 0.494 e. The molecular weight excluding hydrogens is 290 g/mol. The quantitative estimate of drug-likeness (QED) is 0.534. The van der Waals surface area contributed by atoms with Gasteiger partial charge in [-0.2, -0.15) is 9.61 Å². The third-order valence-electron chi connectivity index (χ3n) is 3.74. The number of aromatic nitrogens is 3. The Kier molecular flexibility index (Phi) is 3.05. The SMILES string of the molecule is COc1cc2nc3ccccc3c(=O)n2nc1-c1ccccc1. The van der Waals surface area contributed by atoms with Crippen molar-refractivity contribution in [1.82, 2.24) is 14.6 Å². The highest BCUT2D eigenvalue weighted by Crippen LogP contribution is 2.28. The Balaban J connectivity index is 2.11. The molecule has 0 radical (unpaired) electrons. The number of benzene rings is 2. The van der Waals surface area contributed by atoms with Gasteiger partial charge in [-0.1, -0.05) is 42.5 Å². The van der Waals surface area contributed by atoms with Gasteiger partial charge in [-0.25, -0.2) is 4.98 Å². The molecule has 0 spiro atoms. The van der Waals surface area contributed by atoms with E-state index in [0.29, 0.717) is 28.0 Å². The molecule has 0 amide bonds. The summed E-state index contributed by atoms with van der Waals surface area (Å²) in [7, 11) is 1.58. The number of ether oxygens (including phenoxy) is 1. The fourth-order valence-corrected chi connectivity index (χ4v) is 2.62. The number of rotatable bonds is 2. The van der Waals surface area contributed by atoms with Crippen LogP contribution in [0.5, 0.6) is 5.75 Å². The van der Waals surface area contributed by atoms with E-state index < -0.39 is 0 Å². The Hall–Kier alpha value is -3.21. The summed E-state index contributed by atoms with van der Waals surface area (Å²) in [6.45, 7) is 0. The van der Waals surface area contributed by atoms with Crippen LogP contribution in [0, 0.1) is 0 Å². The first kappa shape index (κ1) is 13.5. The molecule has 0 saturated carbocycles. The van der Waals surface area contributed by atoms with Gasteiger partial charge in [0.1, 0.15) is 5.69 Å². The maximum absolute atomic E-state index is 12.7. The van der Waals surface area contributed by atoms with Crippen molar-refractivity contribution in [3.63, 3.8) is 0 Å². The standard InChI is InChI=1S/C18H13N3O2/c1-23-15-11-16-19-14-10-6-5-9-13(14)18(22)21(16)20-17(15)12-7-3-2-4-8-12/h2-11H,1H3. The summed E-state index contributed by atoms with van der Waals surface area (Å²) in [6, 6.07) is 18.6. The van der Waals surface area contributed by atoms with E-state index in [-0.39, 0.29) is 5.56 Å². The van der Waals surface area contributed by atoms with E-state index in [0.717, 1.165) is 5.56 Å². The fraction of sp³-hybridized carbons (Fsp3) is 0.0556. The van der Waals surface area contributed by atoms with Crippen molar-refractivity contribution in [1.29, 1.82) is 0 Å². The van der Waals surface area contributed by atoms with Crippen molar-refractivity contribution in [2.45, 2.75) is 0 Å². The zero-order valence-electron chi connectivity index (χ0n) is 12.4. The zero-order chi connectivity index (χ0) is 15.8. The summed E-state index contributed by atoms with van der Waals surface area (Å²) in [5.74, 6) is 0.582. The predicted octanol–water partition coefficient (Wildman–Crippen LogP) is 2.92. The minimum absolute atomic E-state index is 0.189. The molecule has 0 aliphatic carbocycles. The number of para-hydroxylation sites is 1. The van der Waals surface area contributed by atoms with E-state index in [2.05, 4.69) is 10.1 Å². The van der Waals surface area contributed by atoms with Crippen molar-refractivity contribution >= 4 is 16.6 Å². The van der Waals surface area contributed by atoms with Crippen LogP contribution < -0.4 is 10.3 Å². The number of hydrogen-bond acceptors (Lipinski definition) is 4. The highest BCUT2D eigenvalue weighted by Gasteiger charge is 2.13. The molecule has 0 unspecified atom stereocenters. The molecular formula is C18H13N3O2. The summed E-state index contributed by atoms with van der Waals surface area (Å²) in [5.41, 5.74) is 2.41. The van der Waals surface area contributed by atoms with Crippen LogP contribution in [0.2, 0.25) is 0 Å². The first-order chi connectivity index (χ1) is 11.3. The summed E-state index contributed by atoms with van der Waals surface area (Å²) in [6.07, 6.45) is 0. The average molecular weight is 303 g/mol. The minimum Gasteiger partial charge on any atom is -0.494 e. The third-order valence-corrected chi connectivity index (χ3v) is 3.74. The minimum atomic E-state index is -0.189. The lowest BCUT2D eigenvalue weighted by atomic mass is 10.1. The summed E-state index contributed by atoms with van der Waals surface area (Å²) in [5, 5.41) is 5.03. The second kappa shape index (κ2) is 5.21. The topological polar surface area (TPSA) is 56.5 Å². The molecule has 0 N–H and O–H groups in total. The number of hydrogen-bond donors (Lipinski definition) is 0. The van der Waals surface area contributed by atoms with Gasteiger partial charge in [0.15, 0.2) is 11.4 Å². The van der Waals surface area contributed by atoms with Crippen molar-refractivity contribution in [3.05, 3.63) is 71.0 Å². The van der Waals surface area contributed by atoms with Crippen LogP contribution in [0.25, 0.3) is 27.8 Å². The Bertz CT molecular complexity index is 1070. The maximum Gasteiger partial charge on any atom is 0.282 e. The van der Waals surface area contributed by atoms with E-state index >= 15 is 0 Å². The molecule has 0 saturated heterocycles. The summed E-state index contributed by atoms with van der Waals surface area (Å²) in [4.78, 5) is 17.2. The fourth-order valence-electron chi connectivity index (χ4n) is 2.62. The molecule has 4 aromatic rings. The molecule has 5 heteroatoms. The number of fused-ring (bicyclic) bond motifs is 2. The molecule has 112 valence electrons. The molecule has 23 heavy (non-hydrogen) atoms. The Morgan fingerprint density at radius 1 is 1.00 bits per heavy atom. The molecule has 0 aliphatic heterocycles. The van der Waals surface area contributed by atoms with Crippen molar-refractivity contribution in [2.75, 3.05) is 7.11 Å². The van der Waals surface area contributed by atoms with E-state index in [1.165, 1.54) is 4.52 Å².